The summed E-state index contributed by atoms with van der Waals surface area (Å²) in [6, 6.07) is 6.95. The number of nitrogens with one attached hydrogen (secondary N) is 1. The molecule has 1 heterocycles. The maximum atomic E-state index is 12.5. The third-order valence-electron chi connectivity index (χ3n) is 3.57. The number of ether oxygens (including phenoxy) is 2. The van der Waals surface area contributed by atoms with Crippen LogP contribution in [0.5, 0.6) is 11.5 Å². The van der Waals surface area contributed by atoms with Crippen molar-refractivity contribution >= 4 is 34.9 Å². The first-order valence-corrected chi connectivity index (χ1v) is 7.87. The van der Waals surface area contributed by atoms with Crippen molar-refractivity contribution in [1.29, 1.82) is 0 Å². The standard InChI is InChI=1S/C17H15N3O4S/c1-23-13-8-4-5-9-14(13)24-10-15(21)19-20-16(22)11-6-2-3-7-12(11)18-17(20)25/h2-9,11H,10H2,1H3,(H,19,21). The molecule has 1 aliphatic heterocycles. The van der Waals surface area contributed by atoms with Crippen molar-refractivity contribution in [2.24, 2.45) is 10.9 Å². The number of thiocarbonyl (C=S) groups is 1. The van der Waals surface area contributed by atoms with Crippen LogP contribution in [-0.2, 0) is 9.59 Å². The highest BCUT2D eigenvalue weighted by molar-refractivity contribution is 7.80. The fourth-order valence-corrected chi connectivity index (χ4v) is 2.62. The average Bonchev–Trinajstić information content (AvgIpc) is 2.63. The number of para-hydroxylation sites is 2. The summed E-state index contributed by atoms with van der Waals surface area (Å²) in [7, 11) is 1.51. The van der Waals surface area contributed by atoms with Gasteiger partial charge >= 0.3 is 0 Å². The van der Waals surface area contributed by atoms with Crippen LogP contribution in [0.3, 0.4) is 0 Å². The molecule has 0 radical (unpaired) electrons. The molecule has 0 bridgehead atoms. The number of aliphatic imine (C=N–C) groups is 1. The second-order valence-corrected chi connectivity index (χ2v) is 5.55. The molecule has 3 rings (SSSR count). The predicted molar refractivity (Wildman–Crippen MR) is 95.3 cm³/mol. The van der Waals surface area contributed by atoms with Crippen molar-refractivity contribution in [2.45, 2.75) is 0 Å². The Balaban J connectivity index is 1.64. The van der Waals surface area contributed by atoms with E-state index >= 15 is 0 Å². The van der Waals surface area contributed by atoms with Crippen molar-refractivity contribution in [1.82, 2.24) is 10.4 Å². The summed E-state index contributed by atoms with van der Waals surface area (Å²) in [6.45, 7) is -0.302. The molecule has 0 aromatic heterocycles. The highest BCUT2D eigenvalue weighted by Gasteiger charge is 2.34. The highest BCUT2D eigenvalue weighted by atomic mass is 32.1. The molecule has 8 heteroatoms. The number of hydrogen-bond donors (Lipinski definition) is 1. The van der Waals surface area contributed by atoms with E-state index in [9.17, 15) is 9.59 Å². The van der Waals surface area contributed by atoms with Gasteiger partial charge in [-0.15, -0.1) is 0 Å². The molecule has 128 valence electrons. The zero-order chi connectivity index (χ0) is 17.8. The van der Waals surface area contributed by atoms with Crippen LogP contribution in [0.1, 0.15) is 0 Å². The summed E-state index contributed by atoms with van der Waals surface area (Å²) in [4.78, 5) is 28.8. The molecule has 0 saturated carbocycles. The van der Waals surface area contributed by atoms with Crippen molar-refractivity contribution in [3.63, 3.8) is 0 Å². The van der Waals surface area contributed by atoms with E-state index in [2.05, 4.69) is 10.4 Å². The molecule has 25 heavy (non-hydrogen) atoms. The van der Waals surface area contributed by atoms with Gasteiger partial charge in [0.1, 0.15) is 5.92 Å². The fourth-order valence-electron chi connectivity index (χ4n) is 2.38. The van der Waals surface area contributed by atoms with Crippen molar-refractivity contribution in [3.05, 3.63) is 48.6 Å². The van der Waals surface area contributed by atoms with Gasteiger partial charge in [-0.2, -0.15) is 5.01 Å². The summed E-state index contributed by atoms with van der Waals surface area (Å²) in [5, 5.41) is 0.961. The fraction of sp³-hybridized carbons (Fsp3) is 0.176. The predicted octanol–water partition coefficient (Wildman–Crippen LogP) is 1.42. The number of rotatable bonds is 5. The lowest BCUT2D eigenvalue weighted by molar-refractivity contribution is -0.138. The lowest BCUT2D eigenvalue weighted by atomic mass is 9.96. The minimum atomic E-state index is -0.549. The van der Waals surface area contributed by atoms with E-state index in [1.165, 1.54) is 7.11 Å². The SMILES string of the molecule is COc1ccccc1OCC(=O)NN1C(=O)C2C=CC=CC2=NC1=S. The van der Waals surface area contributed by atoms with E-state index in [0.29, 0.717) is 17.2 Å². The number of fused-ring (bicyclic) bond motifs is 1. The lowest BCUT2D eigenvalue weighted by Crippen LogP contribution is -2.55. The normalized spacial score (nSPS) is 18.5. The summed E-state index contributed by atoms with van der Waals surface area (Å²) in [5.74, 6) is -0.509. The topological polar surface area (TPSA) is 80.2 Å². The molecule has 1 unspecified atom stereocenters. The maximum Gasteiger partial charge on any atom is 0.276 e. The molecule has 2 amide bonds. The van der Waals surface area contributed by atoms with Gasteiger partial charge in [0.25, 0.3) is 11.8 Å². The molecule has 1 aromatic carbocycles. The third kappa shape index (κ3) is 3.58. The molecule has 1 atom stereocenters. The Morgan fingerprint density at radius 3 is 2.84 bits per heavy atom. The first-order chi connectivity index (χ1) is 12.1. The Morgan fingerprint density at radius 1 is 1.32 bits per heavy atom. The molecule has 7 nitrogen and oxygen atoms in total. The minimum Gasteiger partial charge on any atom is -0.493 e. The van der Waals surface area contributed by atoms with Crippen LogP contribution in [0.15, 0.2) is 53.6 Å². The number of methoxy groups -OCH3 is 1. The molecule has 0 saturated heterocycles. The van der Waals surface area contributed by atoms with Gasteiger partial charge < -0.3 is 9.47 Å². The van der Waals surface area contributed by atoms with Gasteiger partial charge in [-0.3, -0.25) is 15.0 Å². The van der Waals surface area contributed by atoms with Crippen LogP contribution >= 0.6 is 12.2 Å². The number of hydrogen-bond acceptors (Lipinski definition) is 5. The number of hydrazine groups is 1. The third-order valence-corrected chi connectivity index (χ3v) is 3.84. The average molecular weight is 357 g/mol. The van der Waals surface area contributed by atoms with Crippen LogP contribution in [0, 0.1) is 5.92 Å². The van der Waals surface area contributed by atoms with Crippen LogP contribution < -0.4 is 14.9 Å². The van der Waals surface area contributed by atoms with E-state index in [1.807, 2.05) is 0 Å². The second-order valence-electron chi connectivity index (χ2n) is 5.19. The largest absolute Gasteiger partial charge is 0.493 e. The summed E-state index contributed by atoms with van der Waals surface area (Å²) < 4.78 is 10.6. The summed E-state index contributed by atoms with van der Waals surface area (Å²) >= 11 is 5.09. The number of benzene rings is 1. The van der Waals surface area contributed by atoms with Gasteiger partial charge in [-0.1, -0.05) is 30.4 Å². The van der Waals surface area contributed by atoms with Crippen LogP contribution in [0.4, 0.5) is 0 Å². The second kappa shape index (κ2) is 7.27. The van der Waals surface area contributed by atoms with Crippen LogP contribution in [-0.4, -0.2) is 41.4 Å². The smallest absolute Gasteiger partial charge is 0.276 e. The van der Waals surface area contributed by atoms with Gasteiger partial charge in [0.05, 0.1) is 12.8 Å². The Morgan fingerprint density at radius 2 is 2.08 bits per heavy atom. The van der Waals surface area contributed by atoms with E-state index < -0.39 is 11.8 Å². The zero-order valence-electron chi connectivity index (χ0n) is 13.3. The van der Waals surface area contributed by atoms with Gasteiger partial charge in [0.15, 0.2) is 18.1 Å². The Bertz CT molecular complexity index is 816. The number of allylic oxidation sites excluding steroid dienone is 3. The number of nitrogens with zero attached hydrogens (tertiary/aromatic N) is 2. The first kappa shape index (κ1) is 16.8. The van der Waals surface area contributed by atoms with Crippen molar-refractivity contribution in [3.8, 4) is 11.5 Å². The molecule has 1 aliphatic carbocycles. The Labute approximate surface area is 149 Å². The van der Waals surface area contributed by atoms with Crippen molar-refractivity contribution < 1.29 is 19.1 Å². The molecule has 1 aromatic rings. The van der Waals surface area contributed by atoms with Gasteiger partial charge in [-0.05, 0) is 30.4 Å². The van der Waals surface area contributed by atoms with E-state index in [-0.39, 0.29) is 17.6 Å². The van der Waals surface area contributed by atoms with Gasteiger partial charge in [0, 0.05) is 0 Å². The first-order valence-electron chi connectivity index (χ1n) is 7.47. The number of carbonyl (C=O) groups excluding carboxylic acids is 2. The lowest BCUT2D eigenvalue weighted by Gasteiger charge is -2.29. The van der Waals surface area contributed by atoms with E-state index in [0.717, 1.165) is 5.01 Å². The van der Waals surface area contributed by atoms with Crippen molar-refractivity contribution in [2.75, 3.05) is 13.7 Å². The van der Waals surface area contributed by atoms with E-state index in [1.54, 1.807) is 48.6 Å². The Hall–Kier alpha value is -3.00. The maximum absolute atomic E-state index is 12.5. The Kier molecular flexibility index (Phi) is 4.90. The monoisotopic (exact) mass is 357 g/mol. The van der Waals surface area contributed by atoms with E-state index in [4.69, 9.17) is 21.7 Å². The van der Waals surface area contributed by atoms with Crippen LogP contribution in [0.25, 0.3) is 0 Å². The number of amides is 2. The summed E-state index contributed by atoms with van der Waals surface area (Å²) in [5.41, 5.74) is 3.00. The molecule has 0 fully saturated rings. The molecule has 2 aliphatic rings. The summed E-state index contributed by atoms with van der Waals surface area (Å²) in [6.07, 6.45) is 6.95. The quantitative estimate of drug-likeness (QED) is 0.806. The molecule has 0 spiro atoms. The molecular formula is C17H15N3O4S. The van der Waals surface area contributed by atoms with Gasteiger partial charge in [0.2, 0.25) is 5.11 Å². The van der Waals surface area contributed by atoms with Crippen LogP contribution in [0.2, 0.25) is 0 Å². The zero-order valence-corrected chi connectivity index (χ0v) is 14.2. The minimum absolute atomic E-state index is 0.0122. The highest BCUT2D eigenvalue weighted by Crippen LogP contribution is 2.25. The number of carbonyl (C=O) groups is 2. The van der Waals surface area contributed by atoms with Gasteiger partial charge in [-0.25, -0.2) is 4.99 Å². The molecule has 1 N–H and O–H groups in total. The molecular weight excluding hydrogens is 342 g/mol.